The Morgan fingerprint density at radius 2 is 2.04 bits per heavy atom. The Kier molecular flexibility index (Phi) is 3.20. The van der Waals surface area contributed by atoms with Crippen molar-refractivity contribution in [3.8, 4) is 11.4 Å². The molecule has 0 amide bonds. The summed E-state index contributed by atoms with van der Waals surface area (Å²) in [4.78, 5) is 25.8. The molecule has 4 rings (SSSR count). The molecule has 0 saturated heterocycles. The first-order chi connectivity index (χ1) is 14.7. The predicted octanol–water partition coefficient (Wildman–Crippen LogP) is 3.90. The molecular weight excluding hydrogens is 343 g/mol. The Morgan fingerprint density at radius 1 is 1.22 bits per heavy atom. The summed E-state index contributed by atoms with van der Waals surface area (Å²) in [6.07, 6.45) is 2.95. The van der Waals surface area contributed by atoms with E-state index in [4.69, 9.17) is 5.48 Å². The molecule has 0 spiro atoms. The Morgan fingerprint density at radius 3 is 2.81 bits per heavy atom. The van der Waals surface area contributed by atoms with Crippen molar-refractivity contribution >= 4 is 16.7 Å². The molecule has 0 radical (unpaired) electrons. The molecule has 0 aliphatic carbocycles. The van der Waals surface area contributed by atoms with Gasteiger partial charge in [0.05, 0.1) is 46.3 Å². The summed E-state index contributed by atoms with van der Waals surface area (Å²) in [5.41, 5.74) is 1.76. The third-order valence-electron chi connectivity index (χ3n) is 4.38. The molecule has 0 aliphatic rings. The maximum atomic E-state index is 14.4. The van der Waals surface area contributed by atoms with Gasteiger partial charge in [-0.2, -0.15) is 0 Å². The van der Waals surface area contributed by atoms with Gasteiger partial charge < -0.3 is 4.57 Å². The second-order valence-corrected chi connectivity index (χ2v) is 6.10. The molecule has 0 N–H and O–H groups in total. The van der Waals surface area contributed by atoms with Crippen molar-refractivity contribution in [1.29, 1.82) is 0 Å². The average Bonchev–Trinajstić information content (AvgIpc) is 3.09. The minimum Gasteiger partial charge on any atom is -0.330 e. The lowest BCUT2D eigenvalue weighted by Gasteiger charge is -2.07. The van der Waals surface area contributed by atoms with E-state index in [1.807, 2.05) is 30.7 Å². The van der Waals surface area contributed by atoms with Crippen LogP contribution in [0.2, 0.25) is 0 Å². The number of hydrogen-bond donors (Lipinski definition) is 0. The van der Waals surface area contributed by atoms with Gasteiger partial charge in [0.15, 0.2) is 5.78 Å². The SMILES string of the molecule is [2H]c1c([2H])c([2H])c(C(=O)Cc2cc3nc(-c4cnc(C)n4C)ccc3cn2)c(F)c1[2H]. The third-order valence-corrected chi connectivity index (χ3v) is 4.38. The molecule has 0 saturated carbocycles. The number of fused-ring (bicyclic) bond motifs is 1. The Balaban J connectivity index is 1.71. The number of imidazole rings is 1. The number of benzene rings is 1. The second kappa shape index (κ2) is 6.72. The Labute approximate surface area is 161 Å². The molecule has 0 atom stereocenters. The number of nitrogens with zero attached hydrogens (tertiary/aromatic N) is 4. The van der Waals surface area contributed by atoms with Crippen LogP contribution >= 0.6 is 0 Å². The summed E-state index contributed by atoms with van der Waals surface area (Å²) in [6.45, 7) is 1.88. The van der Waals surface area contributed by atoms with E-state index in [-0.39, 0.29) is 6.42 Å². The molecule has 3 aromatic heterocycles. The number of rotatable bonds is 4. The zero-order valence-corrected chi connectivity index (χ0v) is 14.7. The van der Waals surface area contributed by atoms with Crippen LogP contribution in [0, 0.1) is 12.7 Å². The molecule has 0 bridgehead atoms. The van der Waals surface area contributed by atoms with E-state index in [0.717, 1.165) is 16.9 Å². The summed E-state index contributed by atoms with van der Waals surface area (Å²) >= 11 is 0. The molecule has 134 valence electrons. The van der Waals surface area contributed by atoms with Gasteiger partial charge in [-0.3, -0.25) is 9.78 Å². The van der Waals surface area contributed by atoms with Crippen molar-refractivity contribution in [2.24, 2.45) is 7.05 Å². The molecule has 0 aliphatic heterocycles. The van der Waals surface area contributed by atoms with E-state index < -0.39 is 41.3 Å². The van der Waals surface area contributed by atoms with Gasteiger partial charge in [0.25, 0.3) is 0 Å². The monoisotopic (exact) mass is 364 g/mol. The molecule has 0 unspecified atom stereocenters. The van der Waals surface area contributed by atoms with Crippen LogP contribution < -0.4 is 0 Å². The van der Waals surface area contributed by atoms with Gasteiger partial charge in [-0.1, -0.05) is 12.1 Å². The van der Waals surface area contributed by atoms with E-state index in [1.54, 1.807) is 18.5 Å². The van der Waals surface area contributed by atoms with Crippen LogP contribution in [0.25, 0.3) is 22.3 Å². The van der Waals surface area contributed by atoms with Crippen molar-refractivity contribution in [3.63, 3.8) is 0 Å². The number of ketones is 1. The number of halogens is 1. The van der Waals surface area contributed by atoms with Crippen LogP contribution in [-0.2, 0) is 13.5 Å². The van der Waals surface area contributed by atoms with Gasteiger partial charge >= 0.3 is 0 Å². The lowest BCUT2D eigenvalue weighted by Crippen LogP contribution is -2.07. The molecule has 5 nitrogen and oxygen atoms in total. The second-order valence-electron chi connectivity index (χ2n) is 6.10. The first-order valence-corrected chi connectivity index (χ1v) is 8.22. The number of Topliss-reactive ketones (excluding diaryl/α,β-unsaturated/α-hetero) is 1. The highest BCUT2D eigenvalue weighted by atomic mass is 19.1. The van der Waals surface area contributed by atoms with Crippen molar-refractivity contribution < 1.29 is 14.7 Å². The summed E-state index contributed by atoms with van der Waals surface area (Å²) < 4.78 is 46.9. The maximum Gasteiger partial charge on any atom is 0.171 e. The van der Waals surface area contributed by atoms with Crippen molar-refractivity contribution in [1.82, 2.24) is 19.5 Å². The zero-order valence-electron chi connectivity index (χ0n) is 18.7. The minimum atomic E-state index is -1.26. The fourth-order valence-corrected chi connectivity index (χ4v) is 2.78. The predicted molar refractivity (Wildman–Crippen MR) is 101 cm³/mol. The number of carbonyl (C=O) groups excluding carboxylic acids is 1. The first kappa shape index (κ1) is 12.9. The van der Waals surface area contributed by atoms with E-state index in [9.17, 15) is 9.18 Å². The van der Waals surface area contributed by atoms with E-state index in [0.29, 0.717) is 16.9 Å². The lowest BCUT2D eigenvalue weighted by atomic mass is 10.1. The van der Waals surface area contributed by atoms with Crippen molar-refractivity contribution in [2.75, 3.05) is 0 Å². The van der Waals surface area contributed by atoms with Gasteiger partial charge in [-0.25, -0.2) is 14.4 Å². The normalized spacial score (nSPS) is 13.1. The molecule has 1 aromatic carbocycles. The fourth-order valence-electron chi connectivity index (χ4n) is 2.78. The van der Waals surface area contributed by atoms with Crippen LogP contribution in [0.3, 0.4) is 0 Å². The number of aromatic nitrogens is 4. The van der Waals surface area contributed by atoms with Gasteiger partial charge in [-0.15, -0.1) is 0 Å². The van der Waals surface area contributed by atoms with Crippen LogP contribution in [0.15, 0.2) is 54.8 Å². The topological polar surface area (TPSA) is 60.7 Å². The number of aryl methyl sites for hydroxylation is 1. The van der Waals surface area contributed by atoms with Gasteiger partial charge in [0.2, 0.25) is 0 Å². The zero-order chi connectivity index (χ0) is 22.4. The number of carbonyl (C=O) groups is 1. The fraction of sp³-hybridized carbons (Fsp3) is 0.143. The van der Waals surface area contributed by atoms with Gasteiger partial charge in [-0.05, 0) is 37.2 Å². The van der Waals surface area contributed by atoms with Crippen LogP contribution in [0.1, 0.15) is 27.4 Å². The van der Waals surface area contributed by atoms with Gasteiger partial charge in [0.1, 0.15) is 11.6 Å². The van der Waals surface area contributed by atoms with Gasteiger partial charge in [0, 0.05) is 18.6 Å². The minimum absolute atomic E-state index is 0.315. The third kappa shape index (κ3) is 3.21. The van der Waals surface area contributed by atoms with Crippen LogP contribution in [0.5, 0.6) is 0 Å². The molecule has 0 fully saturated rings. The smallest absolute Gasteiger partial charge is 0.171 e. The van der Waals surface area contributed by atoms with E-state index in [1.165, 1.54) is 0 Å². The summed E-state index contributed by atoms with van der Waals surface area (Å²) in [6, 6.07) is 2.38. The van der Waals surface area contributed by atoms with Crippen LogP contribution in [0.4, 0.5) is 4.39 Å². The maximum absolute atomic E-state index is 14.4. The van der Waals surface area contributed by atoms with E-state index >= 15 is 0 Å². The highest BCUT2D eigenvalue weighted by Crippen LogP contribution is 2.22. The van der Waals surface area contributed by atoms with Crippen molar-refractivity contribution in [3.05, 3.63) is 77.7 Å². The largest absolute Gasteiger partial charge is 0.330 e. The molecule has 4 aromatic rings. The van der Waals surface area contributed by atoms with Crippen molar-refractivity contribution in [2.45, 2.75) is 13.3 Å². The standard InChI is InChI=1S/C21H17FN4O/c1-13-23-12-20(26(13)2)18-8-7-14-11-24-15(9-19(14)25-18)10-21(27)16-5-3-4-6-17(16)22/h3-9,11-12H,10H2,1-2H3/i3D,4D,5D,6D. The number of hydrogen-bond acceptors (Lipinski definition) is 4. The molecule has 3 heterocycles. The highest BCUT2D eigenvalue weighted by Gasteiger charge is 2.13. The molecular formula is C21H17FN4O. The first-order valence-electron chi connectivity index (χ1n) is 10.2. The molecule has 6 heteroatoms. The summed E-state index contributed by atoms with van der Waals surface area (Å²) in [5.74, 6) is -1.20. The van der Waals surface area contributed by atoms with Crippen LogP contribution in [-0.4, -0.2) is 25.3 Å². The highest BCUT2D eigenvalue weighted by molar-refractivity contribution is 5.97. The number of pyridine rings is 2. The lowest BCUT2D eigenvalue weighted by molar-refractivity contribution is 0.0988. The summed E-state index contributed by atoms with van der Waals surface area (Å²) in [5, 5.41) is 0.756. The van der Waals surface area contributed by atoms with E-state index in [2.05, 4.69) is 15.0 Å². The Hall–Kier alpha value is -3.41. The molecule has 27 heavy (non-hydrogen) atoms. The summed E-state index contributed by atoms with van der Waals surface area (Å²) in [7, 11) is 1.89. The quantitative estimate of drug-likeness (QED) is 0.515. The Bertz CT molecular complexity index is 1340. The average molecular weight is 364 g/mol.